The fraction of sp³-hybridized carbons (Fsp3) is 0.700. The molecule has 0 saturated carbocycles. The maximum atomic E-state index is 11.7. The molecule has 0 heterocycles. The lowest BCUT2D eigenvalue weighted by molar-refractivity contribution is -0.153. The SMILES string of the molecule is CC(C)SC(SC(C)C)(C(=O)O)C(=O)C(=O)O. The summed E-state index contributed by atoms with van der Waals surface area (Å²) in [6, 6.07) is 0. The molecule has 0 aliphatic carbocycles. The van der Waals surface area contributed by atoms with Crippen molar-refractivity contribution in [2.75, 3.05) is 0 Å². The van der Waals surface area contributed by atoms with E-state index in [0.29, 0.717) is 0 Å². The van der Waals surface area contributed by atoms with Crippen LogP contribution in [0.3, 0.4) is 0 Å². The van der Waals surface area contributed by atoms with Gasteiger partial charge in [0.1, 0.15) is 0 Å². The smallest absolute Gasteiger partial charge is 0.375 e. The van der Waals surface area contributed by atoms with Crippen LogP contribution in [0.4, 0.5) is 0 Å². The first-order valence-electron chi connectivity index (χ1n) is 5.00. The zero-order valence-electron chi connectivity index (χ0n) is 10.1. The molecule has 17 heavy (non-hydrogen) atoms. The van der Waals surface area contributed by atoms with E-state index in [1.807, 2.05) is 0 Å². The van der Waals surface area contributed by atoms with E-state index in [4.69, 9.17) is 5.11 Å². The molecular weight excluding hydrogens is 264 g/mol. The third-order valence-electron chi connectivity index (χ3n) is 1.58. The number of hydrogen-bond acceptors (Lipinski definition) is 5. The first-order chi connectivity index (χ1) is 7.63. The normalized spacial score (nSPS) is 11.9. The Bertz CT molecular complexity index is 315. The Morgan fingerprint density at radius 2 is 1.29 bits per heavy atom. The van der Waals surface area contributed by atoms with E-state index in [1.165, 1.54) is 0 Å². The fourth-order valence-electron chi connectivity index (χ4n) is 1.14. The van der Waals surface area contributed by atoms with Gasteiger partial charge in [0, 0.05) is 10.5 Å². The van der Waals surface area contributed by atoms with Crippen molar-refractivity contribution in [1.82, 2.24) is 0 Å². The van der Waals surface area contributed by atoms with Crippen LogP contribution in [0, 0.1) is 0 Å². The van der Waals surface area contributed by atoms with Gasteiger partial charge in [0.15, 0.2) is 0 Å². The van der Waals surface area contributed by atoms with Gasteiger partial charge in [0.2, 0.25) is 4.08 Å². The maximum Gasteiger partial charge on any atom is 0.375 e. The fourth-order valence-corrected chi connectivity index (χ4v) is 4.43. The van der Waals surface area contributed by atoms with E-state index in [-0.39, 0.29) is 10.5 Å². The zero-order chi connectivity index (χ0) is 13.8. The molecule has 0 bridgehead atoms. The molecule has 0 spiro atoms. The van der Waals surface area contributed by atoms with Crippen LogP contribution >= 0.6 is 23.5 Å². The predicted molar refractivity (Wildman–Crippen MR) is 68.5 cm³/mol. The Balaban J connectivity index is 5.46. The number of Topliss-reactive ketones (excluding diaryl/α,β-unsaturated/α-hetero) is 1. The number of hydrogen-bond donors (Lipinski definition) is 2. The highest BCUT2D eigenvalue weighted by Crippen LogP contribution is 2.43. The van der Waals surface area contributed by atoms with Gasteiger partial charge in [-0.15, -0.1) is 23.5 Å². The lowest BCUT2D eigenvalue weighted by Crippen LogP contribution is -2.46. The molecule has 7 heteroatoms. The minimum Gasteiger partial charge on any atom is -0.479 e. The number of rotatable bonds is 7. The van der Waals surface area contributed by atoms with Crippen molar-refractivity contribution in [2.24, 2.45) is 0 Å². The number of carbonyl (C=O) groups excluding carboxylic acids is 1. The minimum atomic E-state index is -1.96. The Morgan fingerprint density at radius 3 is 1.47 bits per heavy atom. The van der Waals surface area contributed by atoms with E-state index in [9.17, 15) is 19.5 Å². The topological polar surface area (TPSA) is 91.7 Å². The first kappa shape index (κ1) is 16.3. The van der Waals surface area contributed by atoms with Gasteiger partial charge in [-0.3, -0.25) is 4.79 Å². The second kappa shape index (κ2) is 6.30. The highest BCUT2D eigenvalue weighted by atomic mass is 32.2. The van der Waals surface area contributed by atoms with Crippen LogP contribution in [-0.4, -0.2) is 42.5 Å². The summed E-state index contributed by atoms with van der Waals surface area (Å²) in [6.07, 6.45) is 0. The molecule has 0 fully saturated rings. The van der Waals surface area contributed by atoms with Crippen molar-refractivity contribution >= 4 is 41.2 Å². The molecule has 98 valence electrons. The van der Waals surface area contributed by atoms with Crippen LogP contribution in [-0.2, 0) is 14.4 Å². The Hall–Kier alpha value is -0.690. The standard InChI is InChI=1S/C10H16O5S2/c1-5(2)16-10(9(14)15,17-6(3)4)7(11)8(12)13/h5-6H,1-4H3,(H,12,13)(H,14,15). The molecule has 0 aromatic heterocycles. The molecule has 0 saturated heterocycles. The van der Waals surface area contributed by atoms with E-state index >= 15 is 0 Å². The maximum absolute atomic E-state index is 11.7. The van der Waals surface area contributed by atoms with Crippen LogP contribution in [0.2, 0.25) is 0 Å². The van der Waals surface area contributed by atoms with Gasteiger partial charge in [-0.25, -0.2) is 9.59 Å². The lowest BCUT2D eigenvalue weighted by atomic mass is 10.3. The number of carboxylic acids is 2. The number of ketones is 1. The summed E-state index contributed by atoms with van der Waals surface area (Å²) in [6.45, 7) is 6.88. The predicted octanol–water partition coefficient (Wildman–Crippen LogP) is 1.70. The second-order valence-corrected chi connectivity index (χ2v) is 7.73. The molecule has 0 radical (unpaired) electrons. The van der Waals surface area contributed by atoms with Gasteiger partial charge in [-0.2, -0.15) is 0 Å². The summed E-state index contributed by atoms with van der Waals surface area (Å²) in [4.78, 5) is 33.7. The molecule has 5 nitrogen and oxygen atoms in total. The summed E-state index contributed by atoms with van der Waals surface area (Å²) in [5.41, 5.74) is 0. The molecule has 0 amide bonds. The largest absolute Gasteiger partial charge is 0.479 e. The van der Waals surface area contributed by atoms with Crippen LogP contribution in [0.15, 0.2) is 0 Å². The molecule has 2 N–H and O–H groups in total. The summed E-state index contributed by atoms with van der Waals surface area (Å²) < 4.78 is -1.96. The molecule has 0 rings (SSSR count). The van der Waals surface area contributed by atoms with E-state index in [1.54, 1.807) is 27.7 Å². The van der Waals surface area contributed by atoms with Crippen LogP contribution in [0.1, 0.15) is 27.7 Å². The third kappa shape index (κ3) is 4.23. The Morgan fingerprint density at radius 1 is 0.941 bits per heavy atom. The minimum absolute atomic E-state index is 0.166. The number of carboxylic acid groups (broad SMARTS) is 2. The van der Waals surface area contributed by atoms with E-state index in [0.717, 1.165) is 23.5 Å². The zero-order valence-corrected chi connectivity index (χ0v) is 11.7. The number of aliphatic carboxylic acids is 2. The van der Waals surface area contributed by atoms with Gasteiger partial charge in [0.25, 0.3) is 5.78 Å². The number of thioether (sulfide) groups is 2. The average Bonchev–Trinajstić information content (AvgIpc) is 2.13. The van der Waals surface area contributed by atoms with Crippen LogP contribution in [0.25, 0.3) is 0 Å². The van der Waals surface area contributed by atoms with Crippen molar-refractivity contribution in [3.05, 3.63) is 0 Å². The van der Waals surface area contributed by atoms with Crippen molar-refractivity contribution in [3.63, 3.8) is 0 Å². The first-order valence-corrected chi connectivity index (χ1v) is 6.76. The van der Waals surface area contributed by atoms with Gasteiger partial charge in [0.05, 0.1) is 0 Å². The van der Waals surface area contributed by atoms with Crippen LogP contribution in [0.5, 0.6) is 0 Å². The van der Waals surface area contributed by atoms with Gasteiger partial charge in [-0.05, 0) is 0 Å². The van der Waals surface area contributed by atoms with Crippen LogP contribution < -0.4 is 0 Å². The molecule has 0 aromatic rings. The van der Waals surface area contributed by atoms with Gasteiger partial charge < -0.3 is 10.2 Å². The molecule has 0 aliphatic rings. The number of carbonyl (C=O) groups is 3. The van der Waals surface area contributed by atoms with E-state index < -0.39 is 21.8 Å². The molecule has 0 unspecified atom stereocenters. The molecule has 0 aliphatic heterocycles. The molecule has 0 atom stereocenters. The second-order valence-electron chi connectivity index (χ2n) is 3.89. The monoisotopic (exact) mass is 280 g/mol. The quantitative estimate of drug-likeness (QED) is 0.416. The summed E-state index contributed by atoms with van der Waals surface area (Å²) in [5.74, 6) is -4.42. The van der Waals surface area contributed by atoms with E-state index in [2.05, 4.69) is 0 Å². The highest BCUT2D eigenvalue weighted by Gasteiger charge is 2.51. The average molecular weight is 280 g/mol. The molecule has 0 aromatic carbocycles. The summed E-state index contributed by atoms with van der Waals surface area (Å²) >= 11 is 1.71. The molecular formula is C10H16O5S2. The summed E-state index contributed by atoms with van der Waals surface area (Å²) in [7, 11) is 0. The third-order valence-corrected chi connectivity index (χ3v) is 4.48. The van der Waals surface area contributed by atoms with Crippen molar-refractivity contribution < 1.29 is 24.6 Å². The van der Waals surface area contributed by atoms with Crippen molar-refractivity contribution in [3.8, 4) is 0 Å². The Labute approximate surface area is 108 Å². The lowest BCUT2D eigenvalue weighted by Gasteiger charge is -2.28. The van der Waals surface area contributed by atoms with Crippen molar-refractivity contribution in [2.45, 2.75) is 42.3 Å². The van der Waals surface area contributed by atoms with Crippen molar-refractivity contribution in [1.29, 1.82) is 0 Å². The van der Waals surface area contributed by atoms with Gasteiger partial charge in [-0.1, -0.05) is 27.7 Å². The highest BCUT2D eigenvalue weighted by molar-refractivity contribution is 8.21. The van der Waals surface area contributed by atoms with Gasteiger partial charge >= 0.3 is 11.9 Å². The summed E-state index contributed by atoms with van der Waals surface area (Å²) in [5, 5.41) is 17.6. The Kier molecular flexibility index (Phi) is 6.04.